The van der Waals surface area contributed by atoms with Crippen LogP contribution in [0.25, 0.3) is 11.3 Å². The highest BCUT2D eigenvalue weighted by molar-refractivity contribution is 6.04. The number of aromatic nitrogens is 3. The molecule has 11 heteroatoms. The van der Waals surface area contributed by atoms with Crippen molar-refractivity contribution in [2.75, 3.05) is 5.32 Å². The molecular weight excluding hydrogens is 390 g/mol. The Balaban J connectivity index is 1.84. The van der Waals surface area contributed by atoms with Gasteiger partial charge in [-0.3, -0.25) is 9.48 Å². The van der Waals surface area contributed by atoms with E-state index in [1.807, 2.05) is 0 Å². The normalized spacial score (nSPS) is 11.5. The molecule has 0 aliphatic carbocycles. The second-order valence-corrected chi connectivity index (χ2v) is 5.64. The number of alkyl halides is 3. The quantitative estimate of drug-likeness (QED) is 0.530. The van der Waals surface area contributed by atoms with Gasteiger partial charge in [-0.05, 0) is 30.3 Å². The molecule has 0 bridgehead atoms. The summed E-state index contributed by atoms with van der Waals surface area (Å²) in [6, 6.07) is 4.51. The lowest BCUT2D eigenvalue weighted by Gasteiger charge is -2.08. The topological polar surface area (TPSA) is 59.8 Å². The fraction of sp³-hybridized carbons (Fsp3) is 0.118. The molecule has 0 radical (unpaired) electrons. The van der Waals surface area contributed by atoms with E-state index < -0.39 is 40.8 Å². The van der Waals surface area contributed by atoms with Crippen molar-refractivity contribution in [3.8, 4) is 11.3 Å². The minimum Gasteiger partial charge on any atom is -0.306 e. The smallest absolute Gasteiger partial charge is 0.306 e. The van der Waals surface area contributed by atoms with Crippen molar-refractivity contribution < 1.29 is 31.1 Å². The summed E-state index contributed by atoms with van der Waals surface area (Å²) < 4.78 is 79.7. The van der Waals surface area contributed by atoms with Crippen molar-refractivity contribution in [2.24, 2.45) is 7.05 Å². The van der Waals surface area contributed by atoms with Gasteiger partial charge in [-0.25, -0.2) is 18.2 Å². The van der Waals surface area contributed by atoms with Crippen LogP contribution in [0.4, 0.5) is 32.2 Å². The molecule has 1 amide bonds. The van der Waals surface area contributed by atoms with Crippen molar-refractivity contribution in [3.05, 3.63) is 65.2 Å². The molecule has 0 spiro atoms. The minimum absolute atomic E-state index is 0.111. The third-order valence-corrected chi connectivity index (χ3v) is 3.74. The van der Waals surface area contributed by atoms with Crippen LogP contribution < -0.4 is 5.32 Å². The summed E-state index contributed by atoms with van der Waals surface area (Å²) in [5.74, 6) is -5.72. The summed E-state index contributed by atoms with van der Waals surface area (Å²) in [5, 5.41) is 5.46. The van der Waals surface area contributed by atoms with Crippen LogP contribution in [0.2, 0.25) is 0 Å². The first kappa shape index (κ1) is 19.4. The maximum Gasteiger partial charge on any atom is 0.435 e. The van der Waals surface area contributed by atoms with E-state index in [9.17, 15) is 31.1 Å². The van der Waals surface area contributed by atoms with Crippen LogP contribution >= 0.6 is 0 Å². The number of rotatable bonds is 3. The minimum atomic E-state index is -4.61. The number of hydrogen-bond donors (Lipinski definition) is 1. The molecule has 0 saturated heterocycles. The summed E-state index contributed by atoms with van der Waals surface area (Å²) in [6.45, 7) is 0. The number of nitrogens with one attached hydrogen (secondary N) is 1. The summed E-state index contributed by atoms with van der Waals surface area (Å²) >= 11 is 0. The first-order valence-electron chi connectivity index (χ1n) is 7.60. The number of carbonyl (C=O) groups excluding carboxylic acids is 1. The number of amides is 1. The zero-order valence-electron chi connectivity index (χ0n) is 14.0. The molecular formula is C17H10F6N4O. The highest BCUT2D eigenvalue weighted by atomic mass is 19.4. The van der Waals surface area contributed by atoms with Gasteiger partial charge < -0.3 is 5.32 Å². The van der Waals surface area contributed by atoms with E-state index in [4.69, 9.17) is 0 Å². The van der Waals surface area contributed by atoms with E-state index in [1.165, 1.54) is 19.2 Å². The fourth-order valence-electron chi connectivity index (χ4n) is 2.41. The number of hydrogen-bond acceptors (Lipinski definition) is 3. The van der Waals surface area contributed by atoms with Crippen LogP contribution in [-0.2, 0) is 13.2 Å². The highest BCUT2D eigenvalue weighted by Gasteiger charge is 2.34. The lowest BCUT2D eigenvalue weighted by atomic mass is 10.1. The second kappa shape index (κ2) is 6.98. The number of carbonyl (C=O) groups is 1. The van der Waals surface area contributed by atoms with Crippen LogP contribution in [-0.4, -0.2) is 20.7 Å². The molecule has 0 unspecified atom stereocenters. The van der Waals surface area contributed by atoms with Gasteiger partial charge in [0.1, 0.15) is 17.2 Å². The third kappa shape index (κ3) is 3.68. The second-order valence-electron chi connectivity index (χ2n) is 5.64. The standard InChI is InChI=1S/C17H10F6N4O/c1-27-11(6-12(26-27)17(21,22)23)8-2-5-13(24-7-8)25-16(28)14-9(18)3-4-10(19)15(14)20/h2-7H,1H3,(H,24,25,28). The number of nitrogens with zero attached hydrogens (tertiary/aromatic N) is 3. The molecule has 0 aliphatic heterocycles. The van der Waals surface area contributed by atoms with E-state index in [1.54, 1.807) is 0 Å². The first-order chi connectivity index (χ1) is 13.1. The SMILES string of the molecule is Cn1nc(C(F)(F)F)cc1-c1ccc(NC(=O)c2c(F)ccc(F)c2F)nc1. The van der Waals surface area contributed by atoms with Gasteiger partial charge in [0.15, 0.2) is 17.3 Å². The monoisotopic (exact) mass is 400 g/mol. The zero-order chi connectivity index (χ0) is 20.6. The maximum atomic E-state index is 13.6. The number of aryl methyl sites for hydroxylation is 1. The largest absolute Gasteiger partial charge is 0.435 e. The van der Waals surface area contributed by atoms with Gasteiger partial charge in [-0.2, -0.15) is 18.3 Å². The molecule has 28 heavy (non-hydrogen) atoms. The Bertz CT molecular complexity index is 1040. The summed E-state index contributed by atoms with van der Waals surface area (Å²) in [6.07, 6.45) is -3.47. The first-order valence-corrected chi connectivity index (χ1v) is 7.60. The van der Waals surface area contributed by atoms with Crippen molar-refractivity contribution in [1.29, 1.82) is 0 Å². The molecule has 1 N–H and O–H groups in total. The lowest BCUT2D eigenvalue weighted by Crippen LogP contribution is -2.17. The molecule has 1 aromatic carbocycles. The molecule has 0 fully saturated rings. The molecule has 0 atom stereocenters. The molecule has 0 aliphatic rings. The Kier molecular flexibility index (Phi) is 4.84. The molecule has 2 heterocycles. The van der Waals surface area contributed by atoms with E-state index >= 15 is 0 Å². The highest BCUT2D eigenvalue weighted by Crippen LogP contribution is 2.31. The average Bonchev–Trinajstić information content (AvgIpc) is 3.01. The Hall–Kier alpha value is -3.37. The van der Waals surface area contributed by atoms with Gasteiger partial charge in [0, 0.05) is 18.8 Å². The number of halogens is 6. The lowest BCUT2D eigenvalue weighted by molar-refractivity contribution is -0.141. The summed E-state index contributed by atoms with van der Waals surface area (Å²) in [7, 11) is 1.32. The summed E-state index contributed by atoms with van der Waals surface area (Å²) in [5.41, 5.74) is -1.83. The van der Waals surface area contributed by atoms with Crippen LogP contribution in [0.3, 0.4) is 0 Å². The van der Waals surface area contributed by atoms with Crippen molar-refractivity contribution in [2.45, 2.75) is 6.18 Å². The number of anilines is 1. The van der Waals surface area contributed by atoms with Crippen LogP contribution in [0.15, 0.2) is 36.5 Å². The summed E-state index contributed by atoms with van der Waals surface area (Å²) in [4.78, 5) is 15.8. The number of benzene rings is 1. The Labute approximate surface area is 153 Å². The Morgan fingerprint density at radius 3 is 2.32 bits per heavy atom. The Morgan fingerprint density at radius 2 is 1.75 bits per heavy atom. The fourth-order valence-corrected chi connectivity index (χ4v) is 2.41. The van der Waals surface area contributed by atoms with Gasteiger partial charge in [0.2, 0.25) is 0 Å². The average molecular weight is 400 g/mol. The van der Waals surface area contributed by atoms with Gasteiger partial charge in [-0.1, -0.05) is 0 Å². The van der Waals surface area contributed by atoms with Gasteiger partial charge in [-0.15, -0.1) is 0 Å². The van der Waals surface area contributed by atoms with Gasteiger partial charge in [0.25, 0.3) is 5.91 Å². The van der Waals surface area contributed by atoms with Crippen molar-refractivity contribution >= 4 is 11.7 Å². The third-order valence-electron chi connectivity index (χ3n) is 3.74. The van der Waals surface area contributed by atoms with E-state index in [-0.39, 0.29) is 17.1 Å². The van der Waals surface area contributed by atoms with Crippen molar-refractivity contribution in [3.63, 3.8) is 0 Å². The zero-order valence-corrected chi connectivity index (χ0v) is 14.0. The number of pyridine rings is 1. The molecule has 2 aromatic heterocycles. The molecule has 146 valence electrons. The predicted octanol–water partition coefficient (Wildman–Crippen LogP) is 4.17. The van der Waals surface area contributed by atoms with Crippen LogP contribution in [0, 0.1) is 17.5 Å². The van der Waals surface area contributed by atoms with E-state index in [0.29, 0.717) is 12.1 Å². The van der Waals surface area contributed by atoms with Crippen LogP contribution in [0.1, 0.15) is 16.1 Å². The van der Waals surface area contributed by atoms with Crippen LogP contribution in [0.5, 0.6) is 0 Å². The molecule has 3 aromatic rings. The van der Waals surface area contributed by atoms with Gasteiger partial charge in [0.05, 0.1) is 5.69 Å². The Morgan fingerprint density at radius 1 is 1.07 bits per heavy atom. The van der Waals surface area contributed by atoms with E-state index in [2.05, 4.69) is 15.4 Å². The predicted molar refractivity (Wildman–Crippen MR) is 85.7 cm³/mol. The van der Waals surface area contributed by atoms with E-state index in [0.717, 1.165) is 16.9 Å². The maximum absolute atomic E-state index is 13.6. The molecule has 0 saturated carbocycles. The van der Waals surface area contributed by atoms with Crippen molar-refractivity contribution in [1.82, 2.24) is 14.8 Å². The molecule has 5 nitrogen and oxygen atoms in total. The van der Waals surface area contributed by atoms with Gasteiger partial charge >= 0.3 is 6.18 Å². The molecule has 3 rings (SSSR count).